The van der Waals surface area contributed by atoms with E-state index in [1.165, 1.54) is 5.56 Å². The molecule has 14 heavy (non-hydrogen) atoms. The standard InChI is InChI=1S/C12H17BrO/c1-8(2)10-4-6-11(7-5-10)12(14)9(3)13/h4-9,12,14H,1-3H3. The molecule has 0 saturated carbocycles. The molecular weight excluding hydrogens is 240 g/mol. The molecule has 2 atom stereocenters. The van der Waals surface area contributed by atoms with E-state index in [-0.39, 0.29) is 4.83 Å². The zero-order chi connectivity index (χ0) is 10.7. The minimum atomic E-state index is -0.420. The van der Waals surface area contributed by atoms with Gasteiger partial charge in [-0.05, 0) is 24.0 Å². The van der Waals surface area contributed by atoms with Crippen molar-refractivity contribution in [3.63, 3.8) is 0 Å². The van der Waals surface area contributed by atoms with Crippen LogP contribution in [0.5, 0.6) is 0 Å². The van der Waals surface area contributed by atoms with E-state index >= 15 is 0 Å². The number of halogens is 1. The second kappa shape index (κ2) is 4.94. The van der Waals surface area contributed by atoms with Gasteiger partial charge in [-0.3, -0.25) is 0 Å². The maximum Gasteiger partial charge on any atom is 0.0912 e. The maximum atomic E-state index is 9.78. The first-order valence-corrected chi connectivity index (χ1v) is 5.86. The van der Waals surface area contributed by atoms with Gasteiger partial charge >= 0.3 is 0 Å². The van der Waals surface area contributed by atoms with Crippen LogP contribution in [0.3, 0.4) is 0 Å². The Bertz CT molecular complexity index is 277. The van der Waals surface area contributed by atoms with E-state index in [4.69, 9.17) is 0 Å². The lowest BCUT2D eigenvalue weighted by molar-refractivity contribution is 0.181. The predicted molar refractivity (Wildman–Crippen MR) is 63.9 cm³/mol. The van der Waals surface area contributed by atoms with E-state index in [1.807, 2.05) is 19.1 Å². The summed E-state index contributed by atoms with van der Waals surface area (Å²) >= 11 is 3.37. The zero-order valence-electron chi connectivity index (χ0n) is 8.87. The smallest absolute Gasteiger partial charge is 0.0912 e. The molecule has 0 aromatic heterocycles. The number of aliphatic hydroxyl groups excluding tert-OH is 1. The quantitative estimate of drug-likeness (QED) is 0.820. The Morgan fingerprint density at radius 1 is 1.00 bits per heavy atom. The van der Waals surface area contributed by atoms with Crippen LogP contribution in [0.25, 0.3) is 0 Å². The van der Waals surface area contributed by atoms with Crippen molar-refractivity contribution in [2.75, 3.05) is 0 Å². The molecular formula is C12H17BrO. The molecule has 1 aromatic carbocycles. The third-order valence-corrected chi connectivity index (χ3v) is 2.88. The van der Waals surface area contributed by atoms with Gasteiger partial charge in [0.1, 0.15) is 0 Å². The van der Waals surface area contributed by atoms with Gasteiger partial charge < -0.3 is 5.11 Å². The van der Waals surface area contributed by atoms with Gasteiger partial charge in [-0.2, -0.15) is 0 Å². The van der Waals surface area contributed by atoms with E-state index in [2.05, 4.69) is 41.9 Å². The summed E-state index contributed by atoms with van der Waals surface area (Å²) < 4.78 is 0. The van der Waals surface area contributed by atoms with Crippen LogP contribution in [0.4, 0.5) is 0 Å². The maximum absolute atomic E-state index is 9.78. The van der Waals surface area contributed by atoms with Gasteiger partial charge in [0.2, 0.25) is 0 Å². The topological polar surface area (TPSA) is 20.2 Å². The van der Waals surface area contributed by atoms with Gasteiger partial charge in [0.15, 0.2) is 0 Å². The first-order valence-electron chi connectivity index (χ1n) is 4.94. The lowest BCUT2D eigenvalue weighted by Crippen LogP contribution is -2.07. The van der Waals surface area contributed by atoms with E-state index in [9.17, 15) is 5.11 Å². The lowest BCUT2D eigenvalue weighted by atomic mass is 9.99. The Morgan fingerprint density at radius 3 is 1.79 bits per heavy atom. The molecule has 0 radical (unpaired) electrons. The van der Waals surface area contributed by atoms with Gasteiger partial charge in [-0.15, -0.1) is 0 Å². The van der Waals surface area contributed by atoms with Gasteiger partial charge in [0.25, 0.3) is 0 Å². The van der Waals surface area contributed by atoms with Crippen LogP contribution in [0.15, 0.2) is 24.3 Å². The summed E-state index contributed by atoms with van der Waals surface area (Å²) in [6.07, 6.45) is -0.420. The summed E-state index contributed by atoms with van der Waals surface area (Å²) in [5, 5.41) is 9.78. The first kappa shape index (κ1) is 11.7. The number of rotatable bonds is 3. The highest BCUT2D eigenvalue weighted by Gasteiger charge is 2.12. The highest BCUT2D eigenvalue weighted by atomic mass is 79.9. The summed E-state index contributed by atoms with van der Waals surface area (Å²) in [5.74, 6) is 0.544. The first-order chi connectivity index (χ1) is 6.52. The van der Waals surface area contributed by atoms with Gasteiger partial charge in [-0.25, -0.2) is 0 Å². The molecule has 0 saturated heterocycles. The molecule has 2 unspecified atom stereocenters. The van der Waals surface area contributed by atoms with Crippen molar-refractivity contribution in [2.24, 2.45) is 0 Å². The van der Waals surface area contributed by atoms with Crippen LogP contribution >= 0.6 is 15.9 Å². The normalized spacial score (nSPS) is 15.6. The fourth-order valence-electron chi connectivity index (χ4n) is 1.34. The Kier molecular flexibility index (Phi) is 4.14. The number of benzene rings is 1. The van der Waals surface area contributed by atoms with Crippen LogP contribution in [0, 0.1) is 0 Å². The van der Waals surface area contributed by atoms with Crippen molar-refractivity contribution in [3.8, 4) is 0 Å². The molecule has 0 spiro atoms. The fraction of sp³-hybridized carbons (Fsp3) is 0.500. The van der Waals surface area contributed by atoms with Gasteiger partial charge in [-0.1, -0.05) is 54.0 Å². The highest BCUT2D eigenvalue weighted by Crippen LogP contribution is 2.23. The van der Waals surface area contributed by atoms with E-state index in [0.29, 0.717) is 5.92 Å². The number of hydrogen-bond donors (Lipinski definition) is 1. The van der Waals surface area contributed by atoms with Gasteiger partial charge in [0.05, 0.1) is 6.10 Å². The highest BCUT2D eigenvalue weighted by molar-refractivity contribution is 9.09. The summed E-state index contributed by atoms with van der Waals surface area (Å²) in [5.41, 5.74) is 2.28. The molecule has 1 aromatic rings. The van der Waals surface area contributed by atoms with Crippen LogP contribution < -0.4 is 0 Å². The molecule has 0 bridgehead atoms. The Balaban J connectivity index is 2.83. The third kappa shape index (κ3) is 2.82. The van der Waals surface area contributed by atoms with E-state index < -0.39 is 6.10 Å². The number of alkyl halides is 1. The van der Waals surface area contributed by atoms with Crippen molar-refractivity contribution >= 4 is 15.9 Å². The largest absolute Gasteiger partial charge is 0.387 e. The van der Waals surface area contributed by atoms with Crippen LogP contribution in [-0.4, -0.2) is 9.93 Å². The predicted octanol–water partition coefficient (Wildman–Crippen LogP) is 3.63. The van der Waals surface area contributed by atoms with Crippen molar-refractivity contribution in [2.45, 2.75) is 37.6 Å². The second-order valence-corrected chi connectivity index (χ2v) is 5.39. The third-order valence-electron chi connectivity index (χ3n) is 2.38. The molecule has 0 aliphatic rings. The number of aliphatic hydroxyl groups is 1. The molecule has 1 nitrogen and oxygen atoms in total. The summed E-state index contributed by atoms with van der Waals surface area (Å²) in [6.45, 7) is 6.28. The van der Waals surface area contributed by atoms with Gasteiger partial charge in [0, 0.05) is 4.83 Å². The zero-order valence-corrected chi connectivity index (χ0v) is 10.5. The van der Waals surface area contributed by atoms with Crippen molar-refractivity contribution < 1.29 is 5.11 Å². The lowest BCUT2D eigenvalue weighted by Gasteiger charge is -2.14. The molecule has 0 heterocycles. The van der Waals surface area contributed by atoms with E-state index in [1.54, 1.807) is 0 Å². The van der Waals surface area contributed by atoms with Crippen molar-refractivity contribution in [1.82, 2.24) is 0 Å². The van der Waals surface area contributed by atoms with Crippen molar-refractivity contribution in [1.29, 1.82) is 0 Å². The SMILES string of the molecule is CC(C)c1ccc(C(O)C(C)Br)cc1. The molecule has 78 valence electrons. The second-order valence-electron chi connectivity index (χ2n) is 3.94. The summed E-state index contributed by atoms with van der Waals surface area (Å²) in [4.78, 5) is 0.0902. The monoisotopic (exact) mass is 256 g/mol. The minimum Gasteiger partial charge on any atom is -0.387 e. The Labute approximate surface area is 94.3 Å². The molecule has 1 rings (SSSR count). The average molecular weight is 257 g/mol. The van der Waals surface area contributed by atoms with Crippen LogP contribution in [0.1, 0.15) is 43.9 Å². The summed E-state index contributed by atoms with van der Waals surface area (Å²) in [6, 6.07) is 8.16. The summed E-state index contributed by atoms with van der Waals surface area (Å²) in [7, 11) is 0. The Morgan fingerprint density at radius 2 is 1.43 bits per heavy atom. The van der Waals surface area contributed by atoms with Crippen molar-refractivity contribution in [3.05, 3.63) is 35.4 Å². The molecule has 1 N–H and O–H groups in total. The molecule has 0 fully saturated rings. The Hall–Kier alpha value is -0.340. The molecule has 2 heteroatoms. The van der Waals surface area contributed by atoms with Crippen LogP contribution in [-0.2, 0) is 0 Å². The minimum absolute atomic E-state index is 0.0902. The molecule has 0 aliphatic carbocycles. The average Bonchev–Trinajstić information content (AvgIpc) is 2.16. The van der Waals surface area contributed by atoms with Crippen LogP contribution in [0.2, 0.25) is 0 Å². The molecule has 0 aliphatic heterocycles. The molecule has 0 amide bonds. The number of hydrogen-bond acceptors (Lipinski definition) is 1. The fourth-order valence-corrected chi connectivity index (χ4v) is 1.65. The van der Waals surface area contributed by atoms with E-state index in [0.717, 1.165) is 5.56 Å².